The van der Waals surface area contributed by atoms with Crippen molar-refractivity contribution in [3.63, 3.8) is 0 Å². The molecule has 1 unspecified atom stereocenters. The maximum Gasteiger partial charge on any atom is 0.242 e. The number of ether oxygens (including phenoxy) is 3. The lowest BCUT2D eigenvalue weighted by atomic mass is 9.73. The maximum absolute atomic E-state index is 14.2. The Hall–Kier alpha value is -4.46. The molecule has 2 aliphatic heterocycles. The van der Waals surface area contributed by atoms with Crippen LogP contribution in [0.4, 0.5) is 11.4 Å². The molecule has 8 nitrogen and oxygen atoms in total. The van der Waals surface area contributed by atoms with Crippen LogP contribution in [-0.4, -0.2) is 57.6 Å². The van der Waals surface area contributed by atoms with Gasteiger partial charge >= 0.3 is 0 Å². The number of methoxy groups -OCH3 is 3. The third-order valence-corrected chi connectivity index (χ3v) is 9.67. The molecule has 2 heterocycles. The van der Waals surface area contributed by atoms with Gasteiger partial charge in [0, 0.05) is 42.4 Å². The molecular formula is C38H45N3O5. The molecule has 0 bridgehead atoms. The van der Waals surface area contributed by atoms with Crippen molar-refractivity contribution in [2.45, 2.75) is 52.0 Å². The first-order valence-electron chi connectivity index (χ1n) is 16.2. The highest BCUT2D eigenvalue weighted by Gasteiger charge is 2.43. The summed E-state index contributed by atoms with van der Waals surface area (Å²) in [5.74, 6) is 2.28. The highest BCUT2D eigenvalue weighted by molar-refractivity contribution is 6.02. The number of rotatable bonds is 8. The quantitative estimate of drug-likeness (QED) is 0.295. The van der Waals surface area contributed by atoms with Crippen molar-refractivity contribution in [3.8, 4) is 17.2 Å². The molecule has 0 radical (unpaired) electrons. The molecule has 1 N–H and O–H groups in total. The molecule has 0 saturated carbocycles. The van der Waals surface area contributed by atoms with E-state index in [4.69, 9.17) is 14.2 Å². The van der Waals surface area contributed by atoms with Crippen LogP contribution in [-0.2, 0) is 16.0 Å². The van der Waals surface area contributed by atoms with E-state index in [0.29, 0.717) is 41.6 Å². The molecule has 0 spiro atoms. The second-order valence-electron chi connectivity index (χ2n) is 13.5. The van der Waals surface area contributed by atoms with Crippen LogP contribution in [0.25, 0.3) is 0 Å². The first kappa shape index (κ1) is 31.5. The van der Waals surface area contributed by atoms with Crippen LogP contribution in [0.5, 0.6) is 17.2 Å². The number of piperidine rings is 1. The van der Waals surface area contributed by atoms with E-state index in [9.17, 15) is 9.59 Å². The second-order valence-corrected chi connectivity index (χ2v) is 13.5. The zero-order valence-corrected chi connectivity index (χ0v) is 27.6. The Labute approximate surface area is 272 Å². The number of carbonyl (C=O) groups is 2. The first-order valence-corrected chi connectivity index (χ1v) is 16.2. The Kier molecular flexibility index (Phi) is 8.98. The van der Waals surface area contributed by atoms with Crippen molar-refractivity contribution >= 4 is 23.1 Å². The molecule has 1 atom stereocenters. The van der Waals surface area contributed by atoms with Gasteiger partial charge in [-0.1, -0.05) is 56.3 Å². The van der Waals surface area contributed by atoms with Gasteiger partial charge in [-0.15, -0.1) is 0 Å². The number of hydrogen-bond acceptors (Lipinski definition) is 7. The van der Waals surface area contributed by atoms with Gasteiger partial charge in [-0.2, -0.15) is 0 Å². The Morgan fingerprint density at radius 3 is 2.22 bits per heavy atom. The summed E-state index contributed by atoms with van der Waals surface area (Å²) in [7, 11) is 4.80. The molecule has 3 aliphatic rings. The van der Waals surface area contributed by atoms with Crippen LogP contribution in [0.3, 0.4) is 0 Å². The van der Waals surface area contributed by atoms with E-state index in [1.54, 1.807) is 27.4 Å². The third kappa shape index (κ3) is 6.30. The number of hydrogen-bond donors (Lipinski definition) is 1. The van der Waals surface area contributed by atoms with Crippen molar-refractivity contribution < 1.29 is 23.8 Å². The van der Waals surface area contributed by atoms with E-state index in [0.717, 1.165) is 55.0 Å². The number of likely N-dealkylation sites (tertiary alicyclic amines) is 1. The van der Waals surface area contributed by atoms with Gasteiger partial charge in [-0.05, 0) is 60.8 Å². The van der Waals surface area contributed by atoms with Gasteiger partial charge in [0.1, 0.15) is 5.75 Å². The van der Waals surface area contributed by atoms with E-state index in [2.05, 4.69) is 48.3 Å². The summed E-state index contributed by atoms with van der Waals surface area (Å²) in [6, 6.07) is 21.7. The third-order valence-electron chi connectivity index (χ3n) is 9.67. The van der Waals surface area contributed by atoms with Gasteiger partial charge in [0.15, 0.2) is 17.3 Å². The Morgan fingerprint density at radius 1 is 0.870 bits per heavy atom. The number of benzene rings is 3. The minimum absolute atomic E-state index is 0.0463. The molecule has 1 fully saturated rings. The standard InChI is InChI=1S/C38H45N3O5/c1-38(2)22-29-36(31(42)23-38)37(27-20-33(45-4)34(46-5)21-32(27)44-3)41(30-14-10-9-13-28(30)39-29)24-35(43)40-17-15-26(16-18-40)19-25-11-7-6-8-12-25/h6-14,20-21,26,37,39H,15-19,22-24H2,1-5H3. The van der Waals surface area contributed by atoms with Crippen molar-refractivity contribution in [2.75, 3.05) is 51.2 Å². The molecular weight excluding hydrogens is 578 g/mol. The number of nitrogens with one attached hydrogen (secondary N) is 1. The van der Waals surface area contributed by atoms with Gasteiger partial charge in [0.25, 0.3) is 0 Å². The number of Topliss-reactive ketones (excluding diaryl/α,β-unsaturated/α-hetero) is 1. The fraction of sp³-hybridized carbons (Fsp3) is 0.421. The molecule has 1 amide bonds. The van der Waals surface area contributed by atoms with Crippen LogP contribution in [0.2, 0.25) is 0 Å². The summed E-state index contributed by atoms with van der Waals surface area (Å²) in [5.41, 5.74) is 5.15. The molecule has 1 aliphatic carbocycles. The van der Waals surface area contributed by atoms with Gasteiger partial charge < -0.3 is 29.3 Å². The number of ketones is 1. The number of nitrogens with zero attached hydrogens (tertiary/aromatic N) is 2. The molecule has 3 aromatic rings. The Balaban J connectivity index is 1.40. The van der Waals surface area contributed by atoms with Crippen molar-refractivity contribution in [1.82, 2.24) is 4.90 Å². The first-order chi connectivity index (χ1) is 22.2. The maximum atomic E-state index is 14.2. The summed E-state index contributed by atoms with van der Waals surface area (Å²) >= 11 is 0. The molecule has 1 saturated heterocycles. The van der Waals surface area contributed by atoms with Gasteiger partial charge in [-0.3, -0.25) is 9.59 Å². The smallest absolute Gasteiger partial charge is 0.242 e. The summed E-state index contributed by atoms with van der Waals surface area (Å²) in [5, 5.41) is 3.64. The van der Waals surface area contributed by atoms with Crippen molar-refractivity contribution in [1.29, 1.82) is 0 Å². The SMILES string of the molecule is COc1cc(OC)c(C2C3=C(CC(C)(C)CC3=O)Nc3ccccc3N2CC(=O)N2CCC(Cc3ccccc3)CC2)cc1OC. The predicted molar refractivity (Wildman–Crippen MR) is 181 cm³/mol. The Bertz CT molecular complexity index is 1620. The van der Waals surface area contributed by atoms with E-state index in [1.165, 1.54) is 5.56 Å². The van der Waals surface area contributed by atoms with Crippen LogP contribution < -0.4 is 24.4 Å². The van der Waals surface area contributed by atoms with Crippen LogP contribution >= 0.6 is 0 Å². The lowest BCUT2D eigenvalue weighted by molar-refractivity contribution is -0.131. The largest absolute Gasteiger partial charge is 0.496 e. The van der Waals surface area contributed by atoms with E-state index in [-0.39, 0.29) is 23.7 Å². The minimum Gasteiger partial charge on any atom is -0.496 e. The number of fused-ring (bicyclic) bond motifs is 1. The molecule has 46 heavy (non-hydrogen) atoms. The van der Waals surface area contributed by atoms with Crippen LogP contribution in [0.1, 0.15) is 56.7 Å². The molecule has 3 aromatic carbocycles. The lowest BCUT2D eigenvalue weighted by Crippen LogP contribution is -2.46. The normalized spacial score (nSPS) is 19.5. The summed E-state index contributed by atoms with van der Waals surface area (Å²) in [6.07, 6.45) is 4.08. The van der Waals surface area contributed by atoms with Gasteiger partial charge in [-0.25, -0.2) is 0 Å². The molecule has 8 heteroatoms. The predicted octanol–water partition coefficient (Wildman–Crippen LogP) is 6.81. The zero-order valence-electron chi connectivity index (χ0n) is 27.6. The average Bonchev–Trinajstić information content (AvgIpc) is 3.18. The second kappa shape index (κ2) is 13.1. The van der Waals surface area contributed by atoms with E-state index < -0.39 is 6.04 Å². The summed E-state index contributed by atoms with van der Waals surface area (Å²) < 4.78 is 17.3. The zero-order chi connectivity index (χ0) is 32.4. The topological polar surface area (TPSA) is 80.3 Å². The number of amides is 1. The number of allylic oxidation sites excluding steroid dienone is 1. The monoisotopic (exact) mass is 623 g/mol. The Morgan fingerprint density at radius 2 is 1.52 bits per heavy atom. The lowest BCUT2D eigenvalue weighted by Gasteiger charge is -2.39. The number of carbonyl (C=O) groups excluding carboxylic acids is 2. The number of para-hydroxylation sites is 2. The van der Waals surface area contributed by atoms with Crippen molar-refractivity contribution in [2.24, 2.45) is 11.3 Å². The van der Waals surface area contributed by atoms with Crippen LogP contribution in [0, 0.1) is 11.3 Å². The van der Waals surface area contributed by atoms with Gasteiger partial charge in [0.2, 0.25) is 5.91 Å². The summed E-state index contributed by atoms with van der Waals surface area (Å²) in [6.45, 7) is 5.80. The highest BCUT2D eigenvalue weighted by Crippen LogP contribution is 2.51. The molecule has 0 aromatic heterocycles. The summed E-state index contributed by atoms with van der Waals surface area (Å²) in [4.78, 5) is 32.5. The van der Waals surface area contributed by atoms with Crippen molar-refractivity contribution in [3.05, 3.63) is 89.1 Å². The van der Waals surface area contributed by atoms with E-state index >= 15 is 0 Å². The molecule has 6 rings (SSSR count). The van der Waals surface area contributed by atoms with Gasteiger partial charge in [0.05, 0.1) is 45.3 Å². The minimum atomic E-state index is -0.593. The average molecular weight is 624 g/mol. The number of anilines is 2. The van der Waals surface area contributed by atoms with E-state index in [1.807, 2.05) is 41.3 Å². The fourth-order valence-electron chi connectivity index (χ4n) is 7.40. The van der Waals surface area contributed by atoms with Crippen LogP contribution in [0.15, 0.2) is 78.0 Å². The highest BCUT2D eigenvalue weighted by atomic mass is 16.5. The fourth-order valence-corrected chi connectivity index (χ4v) is 7.40. The molecule has 242 valence electrons.